The van der Waals surface area contributed by atoms with E-state index in [9.17, 15) is 0 Å². The van der Waals surface area contributed by atoms with E-state index >= 15 is 0 Å². The molecule has 2 aromatic heterocycles. The van der Waals surface area contributed by atoms with E-state index in [-0.39, 0.29) is 0 Å². The van der Waals surface area contributed by atoms with E-state index in [1.807, 2.05) is 37.3 Å². The zero-order valence-electron chi connectivity index (χ0n) is 8.70. The molecule has 3 rings (SSSR count). The lowest BCUT2D eigenvalue weighted by atomic mass is 10.3. The van der Waals surface area contributed by atoms with Crippen molar-refractivity contribution in [2.45, 2.75) is 6.92 Å². The second-order valence-corrected chi connectivity index (χ2v) is 3.50. The predicted octanol–water partition coefficient (Wildman–Crippen LogP) is 1.52. The van der Waals surface area contributed by atoms with E-state index in [0.717, 1.165) is 22.4 Å². The predicted molar refractivity (Wildman–Crippen MR) is 59.2 cm³/mol. The van der Waals surface area contributed by atoms with Gasteiger partial charge in [-0.15, -0.1) is 5.10 Å². The quantitative estimate of drug-likeness (QED) is 0.612. The van der Waals surface area contributed by atoms with Crippen molar-refractivity contribution >= 4 is 11.0 Å². The van der Waals surface area contributed by atoms with Crippen LogP contribution in [0, 0.1) is 6.92 Å². The lowest BCUT2D eigenvalue weighted by Crippen LogP contribution is -1.98. The SMILES string of the molecule is Cc1nncc2nnn(-c3ccccc3)c12. The van der Waals surface area contributed by atoms with Crippen LogP contribution in [0.1, 0.15) is 5.69 Å². The third kappa shape index (κ3) is 1.25. The van der Waals surface area contributed by atoms with Crippen LogP contribution in [-0.4, -0.2) is 25.2 Å². The summed E-state index contributed by atoms with van der Waals surface area (Å²) in [5, 5.41) is 16.0. The van der Waals surface area contributed by atoms with E-state index in [1.165, 1.54) is 0 Å². The molecule has 0 aliphatic heterocycles. The zero-order valence-corrected chi connectivity index (χ0v) is 8.70. The number of rotatable bonds is 1. The number of aromatic nitrogens is 5. The second kappa shape index (κ2) is 3.37. The highest BCUT2D eigenvalue weighted by Crippen LogP contribution is 2.16. The Hall–Kier alpha value is -2.30. The average Bonchev–Trinajstić information content (AvgIpc) is 2.75. The largest absolute Gasteiger partial charge is 0.211 e. The van der Waals surface area contributed by atoms with Crippen molar-refractivity contribution in [1.82, 2.24) is 25.2 Å². The number of nitrogens with zero attached hydrogens (tertiary/aromatic N) is 5. The molecule has 78 valence electrons. The molecule has 0 unspecified atom stereocenters. The lowest BCUT2D eigenvalue weighted by molar-refractivity contribution is 0.820. The number of hydrogen-bond donors (Lipinski definition) is 0. The van der Waals surface area contributed by atoms with Gasteiger partial charge in [0.15, 0.2) is 0 Å². The summed E-state index contributed by atoms with van der Waals surface area (Å²) in [5.41, 5.74) is 3.46. The van der Waals surface area contributed by atoms with E-state index in [2.05, 4.69) is 20.5 Å². The average molecular weight is 211 g/mol. The van der Waals surface area contributed by atoms with Crippen molar-refractivity contribution in [1.29, 1.82) is 0 Å². The van der Waals surface area contributed by atoms with Gasteiger partial charge in [-0.3, -0.25) is 0 Å². The molecule has 0 saturated heterocycles. The smallest absolute Gasteiger partial charge is 0.135 e. The van der Waals surface area contributed by atoms with Crippen LogP contribution in [0.4, 0.5) is 0 Å². The molecule has 0 radical (unpaired) electrons. The molecule has 0 N–H and O–H groups in total. The first-order valence-corrected chi connectivity index (χ1v) is 4.95. The van der Waals surface area contributed by atoms with Crippen LogP contribution in [0.2, 0.25) is 0 Å². The van der Waals surface area contributed by atoms with Crippen molar-refractivity contribution in [3.63, 3.8) is 0 Å². The van der Waals surface area contributed by atoms with Crippen LogP contribution in [-0.2, 0) is 0 Å². The molecule has 0 spiro atoms. The Balaban J connectivity index is 2.33. The Morgan fingerprint density at radius 2 is 1.88 bits per heavy atom. The Kier molecular flexibility index (Phi) is 1.89. The third-order valence-electron chi connectivity index (χ3n) is 2.43. The van der Waals surface area contributed by atoms with Crippen molar-refractivity contribution in [3.05, 3.63) is 42.2 Å². The highest BCUT2D eigenvalue weighted by Gasteiger charge is 2.09. The number of fused-ring (bicyclic) bond motifs is 1. The fourth-order valence-corrected chi connectivity index (χ4v) is 1.69. The lowest BCUT2D eigenvalue weighted by Gasteiger charge is -2.01. The Morgan fingerprint density at radius 1 is 1.06 bits per heavy atom. The van der Waals surface area contributed by atoms with Gasteiger partial charge in [-0.2, -0.15) is 10.2 Å². The van der Waals surface area contributed by atoms with E-state index in [4.69, 9.17) is 0 Å². The molecule has 16 heavy (non-hydrogen) atoms. The number of hydrogen-bond acceptors (Lipinski definition) is 4. The van der Waals surface area contributed by atoms with Gasteiger partial charge in [0.25, 0.3) is 0 Å². The molecule has 0 fully saturated rings. The molecule has 0 aliphatic carbocycles. The van der Waals surface area contributed by atoms with Crippen molar-refractivity contribution in [2.75, 3.05) is 0 Å². The summed E-state index contributed by atoms with van der Waals surface area (Å²) >= 11 is 0. The normalized spacial score (nSPS) is 10.8. The van der Waals surface area contributed by atoms with Gasteiger partial charge in [0.1, 0.15) is 11.0 Å². The first-order valence-electron chi connectivity index (χ1n) is 4.95. The molecule has 5 nitrogen and oxygen atoms in total. The Labute approximate surface area is 91.7 Å². The van der Waals surface area contributed by atoms with Gasteiger partial charge in [0.05, 0.1) is 17.6 Å². The summed E-state index contributed by atoms with van der Waals surface area (Å²) in [6.07, 6.45) is 1.62. The van der Waals surface area contributed by atoms with E-state index in [0.29, 0.717) is 0 Å². The standard InChI is InChI=1S/C11H9N5/c1-8-11-10(7-12-13-8)14-15-16(11)9-5-3-2-4-6-9/h2-7H,1H3. The Morgan fingerprint density at radius 3 is 2.69 bits per heavy atom. The summed E-state index contributed by atoms with van der Waals surface area (Å²) in [6, 6.07) is 9.86. The number of para-hydroxylation sites is 1. The number of aryl methyl sites for hydroxylation is 1. The Bertz CT molecular complexity index is 629. The number of benzene rings is 1. The maximum atomic E-state index is 4.11. The zero-order chi connectivity index (χ0) is 11.0. The van der Waals surface area contributed by atoms with Gasteiger partial charge in [-0.25, -0.2) is 4.68 Å². The maximum absolute atomic E-state index is 4.11. The summed E-state index contributed by atoms with van der Waals surface area (Å²) < 4.78 is 1.78. The summed E-state index contributed by atoms with van der Waals surface area (Å²) in [7, 11) is 0. The van der Waals surface area contributed by atoms with Gasteiger partial charge in [0, 0.05) is 0 Å². The molecular formula is C11H9N5. The third-order valence-corrected chi connectivity index (χ3v) is 2.43. The minimum absolute atomic E-state index is 0.761. The molecule has 0 bridgehead atoms. The fourth-order valence-electron chi connectivity index (χ4n) is 1.69. The van der Waals surface area contributed by atoms with Crippen LogP contribution in [0.5, 0.6) is 0 Å². The first kappa shape index (κ1) is 8.96. The van der Waals surface area contributed by atoms with Gasteiger partial charge in [-0.05, 0) is 19.1 Å². The monoisotopic (exact) mass is 211 g/mol. The van der Waals surface area contributed by atoms with Crippen LogP contribution in [0.15, 0.2) is 36.5 Å². The molecule has 0 atom stereocenters. The summed E-state index contributed by atoms with van der Waals surface area (Å²) in [4.78, 5) is 0. The molecule has 2 heterocycles. The molecule has 0 aliphatic rings. The van der Waals surface area contributed by atoms with E-state index in [1.54, 1.807) is 10.9 Å². The van der Waals surface area contributed by atoms with Crippen molar-refractivity contribution < 1.29 is 0 Å². The minimum atomic E-state index is 0.761. The summed E-state index contributed by atoms with van der Waals surface area (Å²) in [6.45, 7) is 1.90. The molecule has 5 heteroatoms. The fraction of sp³-hybridized carbons (Fsp3) is 0.0909. The van der Waals surface area contributed by atoms with Crippen molar-refractivity contribution in [3.8, 4) is 5.69 Å². The van der Waals surface area contributed by atoms with Gasteiger partial charge in [-0.1, -0.05) is 23.4 Å². The molecule has 1 aromatic carbocycles. The molecular weight excluding hydrogens is 202 g/mol. The topological polar surface area (TPSA) is 56.5 Å². The van der Waals surface area contributed by atoms with Gasteiger partial charge < -0.3 is 0 Å². The van der Waals surface area contributed by atoms with Crippen LogP contribution in [0.3, 0.4) is 0 Å². The highest BCUT2D eigenvalue weighted by molar-refractivity contribution is 5.77. The second-order valence-electron chi connectivity index (χ2n) is 3.50. The van der Waals surface area contributed by atoms with Crippen LogP contribution < -0.4 is 0 Å². The molecule has 0 amide bonds. The summed E-state index contributed by atoms with van der Waals surface area (Å²) in [5.74, 6) is 0. The first-order chi connectivity index (χ1) is 7.86. The minimum Gasteiger partial charge on any atom is -0.211 e. The maximum Gasteiger partial charge on any atom is 0.135 e. The van der Waals surface area contributed by atoms with Crippen LogP contribution in [0.25, 0.3) is 16.7 Å². The van der Waals surface area contributed by atoms with Gasteiger partial charge in [0.2, 0.25) is 0 Å². The molecule has 0 saturated carbocycles. The van der Waals surface area contributed by atoms with Crippen LogP contribution >= 0.6 is 0 Å². The highest BCUT2D eigenvalue weighted by atomic mass is 15.4. The van der Waals surface area contributed by atoms with E-state index < -0.39 is 0 Å². The molecule has 3 aromatic rings. The van der Waals surface area contributed by atoms with Gasteiger partial charge >= 0.3 is 0 Å². The van der Waals surface area contributed by atoms with Crippen molar-refractivity contribution in [2.24, 2.45) is 0 Å².